The quantitative estimate of drug-likeness (QED) is 0.0196. The zero-order valence-corrected chi connectivity index (χ0v) is 32.4. The van der Waals surface area contributed by atoms with Gasteiger partial charge in [0, 0.05) is 31.8 Å². The molecule has 0 fully saturated rings. The van der Waals surface area contributed by atoms with Crippen LogP contribution in [0.2, 0.25) is 0 Å². The first-order chi connectivity index (χ1) is 27.5. The molecular formula is C35H47F2N7O13S. The molecule has 20 nitrogen and oxygen atoms in total. The summed E-state index contributed by atoms with van der Waals surface area (Å²) in [6.45, 7) is 1.17. The van der Waals surface area contributed by atoms with E-state index in [4.69, 9.17) is 40.6 Å². The van der Waals surface area contributed by atoms with Crippen molar-refractivity contribution < 1.29 is 70.3 Å². The van der Waals surface area contributed by atoms with Crippen LogP contribution in [0.25, 0.3) is 6.08 Å². The number of carboxylic acids is 2. The van der Waals surface area contributed by atoms with Crippen molar-refractivity contribution in [3.05, 3.63) is 59.2 Å². The standard InChI is InChI=1S/C35H47F2N7O13S/c1-24(34(51)42-35(38)39)18-25-19-28(36)33(29(37)20-25)57-26-2-4-27(5-3-26)58(52,53)41-7-13-55-15-17-56-16-14-54-12-6-40-30(46)21-44(23-32(49)50)9-8-43(10-11-45)22-31(47)48/h2-5,11,18-20,41H,6-10,12-17,21-23H2,1H3,(H,40,46)(H,47,48)(H,49,50)(H4,38,39,42,51)/b24-18+. The molecule has 0 bridgehead atoms. The largest absolute Gasteiger partial charge is 0.480 e. The highest BCUT2D eigenvalue weighted by atomic mass is 32.2. The molecule has 0 aliphatic carbocycles. The van der Waals surface area contributed by atoms with Crippen LogP contribution in [0.15, 0.2) is 51.9 Å². The predicted molar refractivity (Wildman–Crippen MR) is 202 cm³/mol. The van der Waals surface area contributed by atoms with Crippen LogP contribution in [-0.2, 0) is 48.2 Å². The van der Waals surface area contributed by atoms with Gasteiger partial charge >= 0.3 is 11.9 Å². The Morgan fingerprint density at radius 2 is 1.36 bits per heavy atom. The zero-order valence-electron chi connectivity index (χ0n) is 31.6. The van der Waals surface area contributed by atoms with E-state index in [1.165, 1.54) is 47.1 Å². The zero-order chi connectivity index (χ0) is 43.1. The summed E-state index contributed by atoms with van der Waals surface area (Å²) in [4.78, 5) is 62.8. The van der Waals surface area contributed by atoms with E-state index in [1.807, 2.05) is 0 Å². The molecule has 2 aromatic carbocycles. The molecule has 0 atom stereocenters. The molecule has 0 spiro atoms. The van der Waals surface area contributed by atoms with Crippen molar-refractivity contribution in [2.24, 2.45) is 16.5 Å². The van der Waals surface area contributed by atoms with Crippen LogP contribution in [0.5, 0.6) is 11.5 Å². The second kappa shape index (κ2) is 25.7. The Kier molecular flexibility index (Phi) is 21.6. The molecule has 320 valence electrons. The van der Waals surface area contributed by atoms with Crippen molar-refractivity contribution in [1.82, 2.24) is 19.8 Å². The first-order valence-corrected chi connectivity index (χ1v) is 18.9. The normalized spacial score (nSPS) is 11.7. The molecule has 2 rings (SSSR count). The number of ether oxygens (including phenoxy) is 4. The molecular weight excluding hydrogens is 796 g/mol. The number of hydrogen-bond donors (Lipinski definition) is 6. The number of amides is 2. The summed E-state index contributed by atoms with van der Waals surface area (Å²) in [6.07, 6.45) is 1.72. The number of rotatable bonds is 29. The second-order valence-corrected chi connectivity index (χ2v) is 13.8. The van der Waals surface area contributed by atoms with Gasteiger partial charge in [0.2, 0.25) is 15.9 Å². The van der Waals surface area contributed by atoms with E-state index < -0.39 is 70.2 Å². The van der Waals surface area contributed by atoms with Crippen LogP contribution >= 0.6 is 0 Å². The molecule has 8 N–H and O–H groups in total. The number of aliphatic imine (C=N–C) groups is 1. The molecule has 0 aromatic heterocycles. The average Bonchev–Trinajstić information content (AvgIpc) is 3.13. The molecule has 2 aromatic rings. The van der Waals surface area contributed by atoms with Crippen LogP contribution in [0.1, 0.15) is 12.5 Å². The highest BCUT2D eigenvalue weighted by Gasteiger charge is 2.18. The second-order valence-electron chi connectivity index (χ2n) is 12.0. The van der Waals surface area contributed by atoms with Gasteiger partial charge in [0.1, 0.15) is 12.0 Å². The van der Waals surface area contributed by atoms with Gasteiger partial charge in [-0.15, -0.1) is 0 Å². The Bertz CT molecular complexity index is 1840. The average molecular weight is 844 g/mol. The monoisotopic (exact) mass is 843 g/mol. The molecule has 0 heterocycles. The van der Waals surface area contributed by atoms with Crippen LogP contribution in [-0.4, -0.2) is 156 Å². The number of carbonyl (C=O) groups excluding carboxylic acids is 3. The predicted octanol–water partition coefficient (Wildman–Crippen LogP) is -0.623. The molecule has 23 heteroatoms. The lowest BCUT2D eigenvalue weighted by Crippen LogP contribution is -2.45. The number of hydrogen-bond acceptors (Lipinski definition) is 13. The highest BCUT2D eigenvalue weighted by molar-refractivity contribution is 7.89. The topological polar surface area (TPSA) is 292 Å². The Balaban J connectivity index is 1.63. The number of nitrogens with two attached hydrogens (primary N) is 2. The van der Waals surface area contributed by atoms with E-state index in [1.54, 1.807) is 0 Å². The number of carboxylic acid groups (broad SMARTS) is 2. The Morgan fingerprint density at radius 1 is 0.828 bits per heavy atom. The van der Waals surface area contributed by atoms with Gasteiger partial charge in [-0.1, -0.05) is 0 Å². The van der Waals surface area contributed by atoms with Crippen molar-refractivity contribution in [3.8, 4) is 11.5 Å². The first kappa shape index (κ1) is 48.7. The Morgan fingerprint density at radius 3 is 1.91 bits per heavy atom. The minimum absolute atomic E-state index is 0.00614. The van der Waals surface area contributed by atoms with E-state index in [0.717, 1.165) is 12.1 Å². The van der Waals surface area contributed by atoms with E-state index in [0.29, 0.717) is 6.29 Å². The maximum atomic E-state index is 14.7. The number of sulfonamides is 1. The van der Waals surface area contributed by atoms with Gasteiger partial charge in [-0.3, -0.25) is 29.0 Å². The fourth-order valence-electron chi connectivity index (χ4n) is 4.70. The van der Waals surface area contributed by atoms with E-state index in [2.05, 4.69) is 15.0 Å². The van der Waals surface area contributed by atoms with Crippen LogP contribution in [0.3, 0.4) is 0 Å². The van der Waals surface area contributed by atoms with Crippen molar-refractivity contribution in [3.63, 3.8) is 0 Å². The number of benzene rings is 2. The van der Waals surface area contributed by atoms with Gasteiger partial charge in [0.05, 0.1) is 70.7 Å². The van der Waals surface area contributed by atoms with Gasteiger partial charge in [-0.05, 0) is 55.0 Å². The number of guanidine groups is 1. The lowest BCUT2D eigenvalue weighted by molar-refractivity contribution is -0.140. The third-order valence-electron chi connectivity index (χ3n) is 7.33. The third kappa shape index (κ3) is 19.6. The summed E-state index contributed by atoms with van der Waals surface area (Å²) in [6, 6.07) is 6.67. The van der Waals surface area contributed by atoms with Crippen molar-refractivity contribution >= 4 is 52.1 Å². The Hall–Kier alpha value is -5.43. The van der Waals surface area contributed by atoms with Gasteiger partial charge in [0.15, 0.2) is 23.3 Å². The van der Waals surface area contributed by atoms with Gasteiger partial charge in [-0.25, -0.2) is 21.9 Å². The molecule has 0 saturated carbocycles. The summed E-state index contributed by atoms with van der Waals surface area (Å²) in [7, 11) is -3.96. The lowest BCUT2D eigenvalue weighted by Gasteiger charge is -2.24. The fourth-order valence-corrected chi connectivity index (χ4v) is 5.71. The van der Waals surface area contributed by atoms with Crippen LogP contribution < -0.4 is 26.2 Å². The van der Waals surface area contributed by atoms with Crippen LogP contribution in [0, 0.1) is 11.6 Å². The number of carbonyl (C=O) groups is 5. The smallest absolute Gasteiger partial charge is 0.317 e. The molecule has 0 unspecified atom stereocenters. The molecule has 58 heavy (non-hydrogen) atoms. The minimum Gasteiger partial charge on any atom is -0.480 e. The number of aliphatic carboxylic acids is 2. The van der Waals surface area contributed by atoms with E-state index in [-0.39, 0.29) is 101 Å². The van der Waals surface area contributed by atoms with Crippen molar-refractivity contribution in [2.45, 2.75) is 11.8 Å². The summed E-state index contributed by atoms with van der Waals surface area (Å²) in [5, 5.41) is 20.7. The third-order valence-corrected chi connectivity index (χ3v) is 8.80. The minimum atomic E-state index is -3.96. The molecule has 0 aliphatic heterocycles. The molecule has 0 radical (unpaired) electrons. The first-order valence-electron chi connectivity index (χ1n) is 17.4. The van der Waals surface area contributed by atoms with Gasteiger partial charge in [-0.2, -0.15) is 4.99 Å². The highest BCUT2D eigenvalue weighted by Crippen LogP contribution is 2.30. The number of halogens is 2. The summed E-state index contributed by atoms with van der Waals surface area (Å²) in [5.74, 6) is -7.00. The van der Waals surface area contributed by atoms with E-state index >= 15 is 0 Å². The lowest BCUT2D eigenvalue weighted by atomic mass is 10.1. The number of nitrogens with one attached hydrogen (secondary N) is 2. The summed E-state index contributed by atoms with van der Waals surface area (Å²) < 4.78 is 78.5. The Labute approximate surface area is 332 Å². The number of aldehydes is 1. The SMILES string of the molecule is C/C(=C\c1cc(F)c(Oc2ccc(S(=O)(=O)NCCOCCOCCOCCNC(=O)CN(CCN(CC=O)CC(=O)O)CC(=O)O)cc2)c(F)c1)C(=O)N=C(N)N. The maximum Gasteiger partial charge on any atom is 0.317 e. The maximum absolute atomic E-state index is 14.7. The van der Waals surface area contributed by atoms with E-state index in [9.17, 15) is 41.2 Å². The fraction of sp³-hybridized carbons (Fsp3) is 0.429. The molecule has 0 aliphatic rings. The van der Waals surface area contributed by atoms with Gasteiger partial charge in [0.25, 0.3) is 5.91 Å². The van der Waals surface area contributed by atoms with Crippen LogP contribution in [0.4, 0.5) is 8.78 Å². The van der Waals surface area contributed by atoms with Gasteiger partial charge < -0.3 is 50.7 Å². The molecule has 2 amide bonds. The van der Waals surface area contributed by atoms with Crippen molar-refractivity contribution in [1.29, 1.82) is 0 Å². The van der Waals surface area contributed by atoms with Crippen molar-refractivity contribution in [2.75, 3.05) is 92.0 Å². The molecule has 0 saturated heterocycles. The number of nitrogens with zero attached hydrogens (tertiary/aromatic N) is 3. The summed E-state index contributed by atoms with van der Waals surface area (Å²) in [5.41, 5.74) is 10.4. The summed E-state index contributed by atoms with van der Waals surface area (Å²) >= 11 is 0.